The summed E-state index contributed by atoms with van der Waals surface area (Å²) in [6, 6.07) is 0. The molecule has 0 radical (unpaired) electrons. The summed E-state index contributed by atoms with van der Waals surface area (Å²) >= 11 is 0. The Kier molecular flexibility index (Phi) is 12.0. The standard InChI is InChI=1S/C14H24O8/c1-20-7-8-21-9-10-22-13(17)4-2-3-11(14(18)19)5-6-12(15)16/h11H,2-10H2,1H3,(H,15,16)(H,18,19). The summed E-state index contributed by atoms with van der Waals surface area (Å²) in [4.78, 5) is 32.8. The van der Waals surface area contributed by atoms with Gasteiger partial charge in [-0.2, -0.15) is 0 Å². The minimum absolute atomic E-state index is 0.0626. The Hall–Kier alpha value is -1.67. The SMILES string of the molecule is COCCOCCOC(=O)CCCC(CCC(=O)O)C(=O)O. The van der Waals surface area contributed by atoms with E-state index in [9.17, 15) is 14.4 Å². The third-order valence-corrected chi connectivity index (χ3v) is 2.91. The average Bonchev–Trinajstić information content (AvgIpc) is 2.45. The molecule has 0 aromatic rings. The topological polar surface area (TPSA) is 119 Å². The predicted octanol–water partition coefficient (Wildman–Crippen LogP) is 0.929. The highest BCUT2D eigenvalue weighted by Crippen LogP contribution is 2.15. The third-order valence-electron chi connectivity index (χ3n) is 2.91. The van der Waals surface area contributed by atoms with Crippen molar-refractivity contribution in [2.24, 2.45) is 5.92 Å². The molecule has 0 saturated heterocycles. The van der Waals surface area contributed by atoms with Crippen LogP contribution in [0.3, 0.4) is 0 Å². The summed E-state index contributed by atoms with van der Waals surface area (Å²) in [5.41, 5.74) is 0. The molecule has 8 nitrogen and oxygen atoms in total. The van der Waals surface area contributed by atoms with E-state index in [4.69, 9.17) is 24.4 Å². The highest BCUT2D eigenvalue weighted by atomic mass is 16.6. The van der Waals surface area contributed by atoms with Gasteiger partial charge in [-0.05, 0) is 19.3 Å². The maximum absolute atomic E-state index is 11.4. The van der Waals surface area contributed by atoms with Crippen molar-refractivity contribution in [1.29, 1.82) is 0 Å². The Morgan fingerprint density at radius 3 is 2.23 bits per heavy atom. The summed E-state index contributed by atoms with van der Waals surface area (Å²) in [6.45, 7) is 1.33. The first kappa shape index (κ1) is 20.3. The minimum Gasteiger partial charge on any atom is -0.481 e. The van der Waals surface area contributed by atoms with Gasteiger partial charge in [-0.15, -0.1) is 0 Å². The van der Waals surface area contributed by atoms with Crippen LogP contribution in [-0.4, -0.2) is 61.7 Å². The number of ether oxygens (including phenoxy) is 3. The van der Waals surface area contributed by atoms with E-state index in [0.29, 0.717) is 19.6 Å². The maximum Gasteiger partial charge on any atom is 0.306 e. The van der Waals surface area contributed by atoms with E-state index < -0.39 is 23.8 Å². The van der Waals surface area contributed by atoms with Crippen LogP contribution in [0.1, 0.15) is 32.1 Å². The largest absolute Gasteiger partial charge is 0.481 e. The zero-order chi connectivity index (χ0) is 16.8. The number of hydrogen-bond acceptors (Lipinski definition) is 6. The second-order valence-corrected chi connectivity index (χ2v) is 4.69. The van der Waals surface area contributed by atoms with Crippen molar-refractivity contribution in [3.05, 3.63) is 0 Å². The Morgan fingerprint density at radius 1 is 0.955 bits per heavy atom. The molecule has 22 heavy (non-hydrogen) atoms. The van der Waals surface area contributed by atoms with Crippen molar-refractivity contribution in [3.8, 4) is 0 Å². The lowest BCUT2D eigenvalue weighted by molar-refractivity contribution is -0.147. The van der Waals surface area contributed by atoms with Crippen LogP contribution in [0, 0.1) is 5.92 Å². The van der Waals surface area contributed by atoms with Gasteiger partial charge in [-0.3, -0.25) is 14.4 Å². The van der Waals surface area contributed by atoms with E-state index in [0.717, 1.165) is 0 Å². The van der Waals surface area contributed by atoms with E-state index in [1.165, 1.54) is 0 Å². The fourth-order valence-electron chi connectivity index (χ4n) is 1.71. The van der Waals surface area contributed by atoms with Gasteiger partial charge in [0.05, 0.1) is 25.7 Å². The van der Waals surface area contributed by atoms with Crippen LogP contribution < -0.4 is 0 Å². The Bertz CT molecular complexity index is 342. The first-order valence-corrected chi connectivity index (χ1v) is 7.14. The van der Waals surface area contributed by atoms with Gasteiger partial charge in [0.1, 0.15) is 6.61 Å². The lowest BCUT2D eigenvalue weighted by Gasteiger charge is -2.10. The highest BCUT2D eigenvalue weighted by Gasteiger charge is 2.18. The smallest absolute Gasteiger partial charge is 0.306 e. The number of methoxy groups -OCH3 is 1. The number of hydrogen-bond donors (Lipinski definition) is 2. The van der Waals surface area contributed by atoms with Crippen LogP contribution in [0.5, 0.6) is 0 Å². The predicted molar refractivity (Wildman–Crippen MR) is 75.5 cm³/mol. The summed E-state index contributed by atoms with van der Waals surface area (Å²) < 4.78 is 14.8. The Labute approximate surface area is 129 Å². The molecular formula is C14H24O8. The first-order valence-electron chi connectivity index (χ1n) is 7.14. The molecule has 0 aromatic carbocycles. The van der Waals surface area contributed by atoms with Crippen molar-refractivity contribution in [2.75, 3.05) is 33.5 Å². The van der Waals surface area contributed by atoms with Gasteiger partial charge < -0.3 is 24.4 Å². The van der Waals surface area contributed by atoms with Crippen LogP contribution in [0.4, 0.5) is 0 Å². The van der Waals surface area contributed by atoms with Crippen LogP contribution in [0.2, 0.25) is 0 Å². The molecule has 1 atom stereocenters. The van der Waals surface area contributed by atoms with Gasteiger partial charge >= 0.3 is 17.9 Å². The van der Waals surface area contributed by atoms with Crippen molar-refractivity contribution in [2.45, 2.75) is 32.1 Å². The highest BCUT2D eigenvalue weighted by molar-refractivity contribution is 5.72. The second-order valence-electron chi connectivity index (χ2n) is 4.69. The molecule has 0 bridgehead atoms. The Morgan fingerprint density at radius 2 is 1.64 bits per heavy atom. The molecule has 0 spiro atoms. The summed E-state index contributed by atoms with van der Waals surface area (Å²) in [7, 11) is 1.56. The normalized spacial score (nSPS) is 11.9. The molecule has 128 valence electrons. The molecular weight excluding hydrogens is 296 g/mol. The molecule has 0 aliphatic heterocycles. The fraction of sp³-hybridized carbons (Fsp3) is 0.786. The van der Waals surface area contributed by atoms with Crippen LogP contribution in [0.25, 0.3) is 0 Å². The van der Waals surface area contributed by atoms with Gasteiger partial charge in [0.2, 0.25) is 0 Å². The van der Waals surface area contributed by atoms with E-state index in [1.54, 1.807) is 7.11 Å². The molecule has 0 aliphatic carbocycles. The molecule has 1 unspecified atom stereocenters. The van der Waals surface area contributed by atoms with Crippen molar-refractivity contribution in [3.63, 3.8) is 0 Å². The van der Waals surface area contributed by atoms with Crippen molar-refractivity contribution < 1.29 is 38.8 Å². The lowest BCUT2D eigenvalue weighted by atomic mass is 9.97. The van der Waals surface area contributed by atoms with E-state index in [-0.39, 0.29) is 38.9 Å². The first-order chi connectivity index (χ1) is 10.5. The maximum atomic E-state index is 11.4. The number of esters is 1. The number of aliphatic carboxylic acids is 2. The number of carbonyl (C=O) groups excluding carboxylic acids is 1. The van der Waals surface area contributed by atoms with E-state index in [2.05, 4.69) is 0 Å². The van der Waals surface area contributed by atoms with Crippen LogP contribution >= 0.6 is 0 Å². The van der Waals surface area contributed by atoms with E-state index >= 15 is 0 Å². The third kappa shape index (κ3) is 12.1. The fourth-order valence-corrected chi connectivity index (χ4v) is 1.71. The molecule has 8 heteroatoms. The molecule has 0 heterocycles. The monoisotopic (exact) mass is 320 g/mol. The molecule has 2 N–H and O–H groups in total. The average molecular weight is 320 g/mol. The molecule has 0 aliphatic rings. The quantitative estimate of drug-likeness (QED) is 0.358. The van der Waals surface area contributed by atoms with Crippen LogP contribution in [0.15, 0.2) is 0 Å². The second kappa shape index (κ2) is 13.0. The minimum atomic E-state index is -1.04. The zero-order valence-electron chi connectivity index (χ0n) is 12.8. The summed E-state index contributed by atoms with van der Waals surface area (Å²) in [5.74, 6) is -3.24. The van der Waals surface area contributed by atoms with E-state index in [1.807, 2.05) is 0 Å². The number of rotatable bonds is 14. The number of carbonyl (C=O) groups is 3. The van der Waals surface area contributed by atoms with Crippen LogP contribution in [-0.2, 0) is 28.6 Å². The molecule has 0 fully saturated rings. The summed E-state index contributed by atoms with van der Waals surface area (Å²) in [6.07, 6.45) is 0.574. The van der Waals surface area contributed by atoms with Gasteiger partial charge in [-0.25, -0.2) is 0 Å². The van der Waals surface area contributed by atoms with Gasteiger partial charge in [0, 0.05) is 20.0 Å². The lowest BCUT2D eigenvalue weighted by Crippen LogP contribution is -2.16. The van der Waals surface area contributed by atoms with Gasteiger partial charge in [0.25, 0.3) is 0 Å². The number of carboxylic acid groups (broad SMARTS) is 2. The van der Waals surface area contributed by atoms with Gasteiger partial charge in [0.15, 0.2) is 0 Å². The number of carboxylic acids is 2. The zero-order valence-corrected chi connectivity index (χ0v) is 12.8. The van der Waals surface area contributed by atoms with Crippen molar-refractivity contribution >= 4 is 17.9 Å². The molecule has 0 aromatic heterocycles. The molecule has 0 rings (SSSR count). The van der Waals surface area contributed by atoms with Gasteiger partial charge in [-0.1, -0.05) is 0 Å². The molecule has 0 amide bonds. The summed E-state index contributed by atoms with van der Waals surface area (Å²) in [5, 5.41) is 17.5. The van der Waals surface area contributed by atoms with Crippen molar-refractivity contribution in [1.82, 2.24) is 0 Å². The Balaban J connectivity index is 3.70. The molecule has 0 saturated carbocycles.